The largest absolute Gasteiger partial charge is 0.417 e. The van der Waals surface area contributed by atoms with E-state index in [1.807, 2.05) is 0 Å². The summed E-state index contributed by atoms with van der Waals surface area (Å²) in [6.07, 6.45) is -0.334. The maximum atomic E-state index is 14.1. The van der Waals surface area contributed by atoms with Crippen LogP contribution in [-0.2, 0) is 32.3 Å². The highest BCUT2D eigenvalue weighted by Crippen LogP contribution is 2.38. The Morgan fingerprint density at radius 1 is 0.911 bits per heavy atom. The number of carbonyl (C=O) groups is 2. The normalized spacial score (nSPS) is 14.9. The molecule has 0 spiro atoms. The van der Waals surface area contributed by atoms with Crippen molar-refractivity contribution in [2.75, 3.05) is 10.8 Å². The van der Waals surface area contributed by atoms with Crippen LogP contribution in [-0.4, -0.2) is 43.8 Å². The molecular weight excluding hydrogens is 674 g/mol. The molecule has 0 heterocycles. The maximum Gasteiger partial charge on any atom is 0.417 e. The monoisotopic (exact) mass is 703 g/mol. The standard InChI is InChI=1S/C31H31Cl3F3N3O4S/c1-20(30(42)38-22-8-4-2-5-9-22)39(18-21-12-14-27(33)28(34)16-21)29(41)19-40(45(43,44)24-10-6-3-7-11-24)23-13-15-26(32)25(17-23)31(35,36)37/h3,6-7,10-17,20,22H,2,4-5,8-9,18-19H2,1H3,(H,38,42)/t20-/m0/s1. The van der Waals surface area contributed by atoms with Crippen LogP contribution in [0, 0.1) is 0 Å². The fraction of sp³-hybridized carbons (Fsp3) is 0.355. The predicted octanol–water partition coefficient (Wildman–Crippen LogP) is 7.73. The molecule has 1 fully saturated rings. The van der Waals surface area contributed by atoms with Gasteiger partial charge >= 0.3 is 6.18 Å². The fourth-order valence-corrected chi connectivity index (χ4v) is 7.09. The molecule has 0 saturated heterocycles. The molecule has 2 amide bonds. The van der Waals surface area contributed by atoms with E-state index in [-0.39, 0.29) is 27.5 Å². The van der Waals surface area contributed by atoms with Gasteiger partial charge in [-0.2, -0.15) is 13.2 Å². The van der Waals surface area contributed by atoms with Gasteiger partial charge in [0.05, 0.1) is 31.2 Å². The lowest BCUT2D eigenvalue weighted by Crippen LogP contribution is -2.53. The van der Waals surface area contributed by atoms with Crippen LogP contribution in [0.2, 0.25) is 15.1 Å². The minimum absolute atomic E-state index is 0.0690. The van der Waals surface area contributed by atoms with Gasteiger partial charge in [0.15, 0.2) is 0 Å². The Morgan fingerprint density at radius 3 is 2.18 bits per heavy atom. The highest BCUT2D eigenvalue weighted by atomic mass is 35.5. The van der Waals surface area contributed by atoms with E-state index in [2.05, 4.69) is 5.32 Å². The Hall–Kier alpha value is -2.99. The first kappa shape index (κ1) is 34.9. The zero-order valence-electron chi connectivity index (χ0n) is 24.2. The number of nitrogens with one attached hydrogen (secondary N) is 1. The second-order valence-electron chi connectivity index (χ2n) is 10.8. The molecule has 7 nitrogen and oxygen atoms in total. The first-order valence-electron chi connectivity index (χ1n) is 14.2. The third kappa shape index (κ3) is 8.64. The van der Waals surface area contributed by atoms with E-state index in [0.29, 0.717) is 15.9 Å². The zero-order chi connectivity index (χ0) is 32.9. The molecule has 242 valence electrons. The van der Waals surface area contributed by atoms with E-state index < -0.39 is 56.9 Å². The van der Waals surface area contributed by atoms with E-state index >= 15 is 0 Å². The van der Waals surface area contributed by atoms with Crippen molar-refractivity contribution in [3.05, 3.63) is 92.9 Å². The third-order valence-electron chi connectivity index (χ3n) is 7.61. The molecule has 0 bridgehead atoms. The summed E-state index contributed by atoms with van der Waals surface area (Å²) in [5, 5.41) is 2.82. The summed E-state index contributed by atoms with van der Waals surface area (Å²) in [5.41, 5.74) is -1.20. The van der Waals surface area contributed by atoms with Crippen molar-refractivity contribution in [3.63, 3.8) is 0 Å². The van der Waals surface area contributed by atoms with Crippen molar-refractivity contribution >= 4 is 62.3 Å². The Balaban J connectivity index is 1.75. The summed E-state index contributed by atoms with van der Waals surface area (Å²) in [4.78, 5) is 28.4. The number of halogens is 6. The van der Waals surface area contributed by atoms with Crippen LogP contribution in [0.5, 0.6) is 0 Å². The molecule has 0 radical (unpaired) electrons. The first-order chi connectivity index (χ1) is 21.2. The average molecular weight is 705 g/mol. The van der Waals surface area contributed by atoms with E-state index in [4.69, 9.17) is 34.8 Å². The van der Waals surface area contributed by atoms with E-state index in [1.54, 1.807) is 12.1 Å². The van der Waals surface area contributed by atoms with Crippen LogP contribution < -0.4 is 9.62 Å². The molecule has 3 aromatic rings. The number of sulfonamides is 1. The number of hydrogen-bond donors (Lipinski definition) is 1. The molecule has 0 unspecified atom stereocenters. The molecule has 4 rings (SSSR count). The van der Waals surface area contributed by atoms with Crippen molar-refractivity contribution < 1.29 is 31.2 Å². The van der Waals surface area contributed by atoms with Crippen molar-refractivity contribution in [2.45, 2.75) is 68.7 Å². The number of rotatable bonds is 10. The molecule has 1 aliphatic rings. The summed E-state index contributed by atoms with van der Waals surface area (Å²) in [5.74, 6) is -1.28. The van der Waals surface area contributed by atoms with Gasteiger partial charge in [0.2, 0.25) is 11.8 Å². The number of benzene rings is 3. The van der Waals surface area contributed by atoms with Crippen molar-refractivity contribution in [2.24, 2.45) is 0 Å². The molecular formula is C31H31Cl3F3N3O4S. The number of anilines is 1. The molecule has 1 saturated carbocycles. The van der Waals surface area contributed by atoms with Crippen molar-refractivity contribution in [1.82, 2.24) is 10.2 Å². The molecule has 3 aromatic carbocycles. The number of alkyl halides is 3. The number of amides is 2. The summed E-state index contributed by atoms with van der Waals surface area (Å²) >= 11 is 18.1. The van der Waals surface area contributed by atoms with Gasteiger partial charge in [0.1, 0.15) is 12.6 Å². The maximum absolute atomic E-state index is 14.1. The van der Waals surface area contributed by atoms with Crippen molar-refractivity contribution in [3.8, 4) is 0 Å². The minimum atomic E-state index is -4.90. The Labute approximate surface area is 275 Å². The number of hydrogen-bond acceptors (Lipinski definition) is 4. The smallest absolute Gasteiger partial charge is 0.352 e. The van der Waals surface area contributed by atoms with Crippen LogP contribution in [0.3, 0.4) is 0 Å². The van der Waals surface area contributed by atoms with Gasteiger partial charge in [0.25, 0.3) is 10.0 Å². The van der Waals surface area contributed by atoms with Gasteiger partial charge in [-0.1, -0.05) is 78.3 Å². The van der Waals surface area contributed by atoms with Gasteiger partial charge < -0.3 is 10.2 Å². The first-order valence-corrected chi connectivity index (χ1v) is 16.7. The highest BCUT2D eigenvalue weighted by molar-refractivity contribution is 7.92. The Kier molecular flexibility index (Phi) is 11.3. The van der Waals surface area contributed by atoms with Gasteiger partial charge in [-0.05, 0) is 67.8 Å². The lowest BCUT2D eigenvalue weighted by Gasteiger charge is -2.33. The van der Waals surface area contributed by atoms with Gasteiger partial charge in [-0.15, -0.1) is 0 Å². The molecule has 0 aliphatic heterocycles. The lowest BCUT2D eigenvalue weighted by atomic mass is 9.95. The minimum Gasteiger partial charge on any atom is -0.352 e. The number of nitrogens with zero attached hydrogens (tertiary/aromatic N) is 2. The summed E-state index contributed by atoms with van der Waals surface area (Å²) in [7, 11) is -4.58. The quantitative estimate of drug-likeness (QED) is 0.234. The van der Waals surface area contributed by atoms with Crippen LogP contribution in [0.25, 0.3) is 0 Å². The number of carbonyl (C=O) groups excluding carboxylic acids is 2. The van der Waals surface area contributed by atoms with E-state index in [9.17, 15) is 31.2 Å². The highest BCUT2D eigenvalue weighted by Gasteiger charge is 2.37. The van der Waals surface area contributed by atoms with Crippen LogP contribution >= 0.6 is 34.8 Å². The van der Waals surface area contributed by atoms with Crippen LogP contribution in [0.4, 0.5) is 18.9 Å². The van der Waals surface area contributed by atoms with Crippen LogP contribution in [0.15, 0.2) is 71.6 Å². The summed E-state index contributed by atoms with van der Waals surface area (Å²) in [6, 6.07) is 13.1. The van der Waals surface area contributed by atoms with E-state index in [0.717, 1.165) is 44.2 Å². The van der Waals surface area contributed by atoms with E-state index in [1.165, 1.54) is 48.2 Å². The van der Waals surface area contributed by atoms with Crippen LogP contribution in [0.1, 0.15) is 50.2 Å². The lowest BCUT2D eigenvalue weighted by molar-refractivity contribution is -0.139. The summed E-state index contributed by atoms with van der Waals surface area (Å²) in [6.45, 7) is 0.425. The zero-order valence-corrected chi connectivity index (χ0v) is 27.2. The molecule has 1 atom stereocenters. The molecule has 0 aromatic heterocycles. The second kappa shape index (κ2) is 14.6. The Bertz CT molecular complexity index is 1640. The topological polar surface area (TPSA) is 86.8 Å². The second-order valence-corrected chi connectivity index (χ2v) is 13.9. The Morgan fingerprint density at radius 2 is 1.56 bits per heavy atom. The van der Waals surface area contributed by atoms with Crippen molar-refractivity contribution in [1.29, 1.82) is 0 Å². The van der Waals surface area contributed by atoms with Gasteiger partial charge in [0, 0.05) is 12.6 Å². The fourth-order valence-electron chi connectivity index (χ4n) is 5.12. The molecule has 14 heteroatoms. The predicted molar refractivity (Wildman–Crippen MR) is 169 cm³/mol. The molecule has 45 heavy (non-hydrogen) atoms. The SMILES string of the molecule is C[C@@H](C(=O)NC1CCCCC1)N(Cc1ccc(Cl)c(Cl)c1)C(=O)CN(c1ccc(Cl)c(C(F)(F)F)c1)S(=O)(=O)c1ccccc1. The van der Waals surface area contributed by atoms with Gasteiger partial charge in [-0.3, -0.25) is 13.9 Å². The molecule has 1 N–H and O–H groups in total. The summed E-state index contributed by atoms with van der Waals surface area (Å²) < 4.78 is 69.7. The average Bonchev–Trinajstić information content (AvgIpc) is 3.00. The third-order valence-corrected chi connectivity index (χ3v) is 10.5. The van der Waals surface area contributed by atoms with Gasteiger partial charge in [-0.25, -0.2) is 8.42 Å². The molecule has 1 aliphatic carbocycles.